The van der Waals surface area contributed by atoms with E-state index in [9.17, 15) is 4.39 Å². The van der Waals surface area contributed by atoms with E-state index in [0.717, 1.165) is 11.1 Å². The van der Waals surface area contributed by atoms with Crippen LogP contribution in [0.25, 0.3) is 0 Å². The van der Waals surface area contributed by atoms with Crippen LogP contribution in [0.4, 0.5) is 4.39 Å². The number of hydrogen-bond acceptors (Lipinski definition) is 2. The van der Waals surface area contributed by atoms with Crippen molar-refractivity contribution in [3.05, 3.63) is 71.0 Å². The Balaban J connectivity index is 2.10. The summed E-state index contributed by atoms with van der Waals surface area (Å²) in [5, 5.41) is 3.31. The van der Waals surface area contributed by atoms with Crippen LogP contribution in [-0.4, -0.2) is 6.54 Å². The van der Waals surface area contributed by atoms with Gasteiger partial charge >= 0.3 is 0 Å². The lowest BCUT2D eigenvalue weighted by molar-refractivity contribution is 0.505. The van der Waals surface area contributed by atoms with Crippen molar-refractivity contribution in [2.24, 2.45) is 5.73 Å². The fourth-order valence-corrected chi connectivity index (χ4v) is 2.09. The van der Waals surface area contributed by atoms with Gasteiger partial charge in [-0.05, 0) is 18.6 Å². The van der Waals surface area contributed by atoms with Gasteiger partial charge in [0.15, 0.2) is 0 Å². The summed E-state index contributed by atoms with van der Waals surface area (Å²) < 4.78 is 13.8. The Hall–Kier alpha value is -1.71. The van der Waals surface area contributed by atoms with Gasteiger partial charge in [-0.1, -0.05) is 48.0 Å². The van der Waals surface area contributed by atoms with E-state index in [0.29, 0.717) is 18.7 Å². The lowest BCUT2D eigenvalue weighted by Crippen LogP contribution is -2.28. The number of benzene rings is 2. The SMILES string of the molecule is Cc1ccc(F)c(C(CN)NCc2ccccc2)c1. The predicted molar refractivity (Wildman–Crippen MR) is 76.2 cm³/mol. The summed E-state index contributed by atoms with van der Waals surface area (Å²) >= 11 is 0. The first kappa shape index (κ1) is 13.7. The molecular formula is C16H19FN2. The minimum Gasteiger partial charge on any atom is -0.329 e. The minimum absolute atomic E-state index is 0.167. The molecule has 0 spiro atoms. The van der Waals surface area contributed by atoms with Gasteiger partial charge in [-0.25, -0.2) is 4.39 Å². The summed E-state index contributed by atoms with van der Waals surface area (Å²) in [5.74, 6) is -0.207. The molecule has 0 aliphatic rings. The molecule has 0 aliphatic carbocycles. The number of aryl methyl sites for hydroxylation is 1. The molecule has 0 aliphatic heterocycles. The maximum Gasteiger partial charge on any atom is 0.128 e. The molecule has 2 aromatic rings. The van der Waals surface area contributed by atoms with Crippen LogP contribution in [0.5, 0.6) is 0 Å². The van der Waals surface area contributed by atoms with Gasteiger partial charge in [0, 0.05) is 24.7 Å². The van der Waals surface area contributed by atoms with E-state index < -0.39 is 0 Å². The second-order valence-electron chi connectivity index (χ2n) is 4.68. The fraction of sp³-hybridized carbons (Fsp3) is 0.250. The molecule has 100 valence electrons. The highest BCUT2D eigenvalue weighted by Gasteiger charge is 2.13. The van der Waals surface area contributed by atoms with Crippen LogP contribution in [-0.2, 0) is 6.54 Å². The number of hydrogen-bond donors (Lipinski definition) is 2. The highest BCUT2D eigenvalue weighted by atomic mass is 19.1. The van der Waals surface area contributed by atoms with Crippen LogP contribution in [0, 0.1) is 12.7 Å². The van der Waals surface area contributed by atoms with Gasteiger partial charge in [0.05, 0.1) is 0 Å². The predicted octanol–water partition coefficient (Wildman–Crippen LogP) is 2.92. The average Bonchev–Trinajstić information content (AvgIpc) is 2.44. The number of halogens is 1. The first-order valence-corrected chi connectivity index (χ1v) is 6.44. The molecule has 2 nitrogen and oxygen atoms in total. The van der Waals surface area contributed by atoms with Crippen LogP contribution in [0.1, 0.15) is 22.7 Å². The van der Waals surface area contributed by atoms with Crippen LogP contribution < -0.4 is 11.1 Å². The van der Waals surface area contributed by atoms with Crippen LogP contribution >= 0.6 is 0 Å². The molecule has 0 saturated heterocycles. The summed E-state index contributed by atoms with van der Waals surface area (Å²) in [7, 11) is 0. The van der Waals surface area contributed by atoms with Gasteiger partial charge in [0.1, 0.15) is 5.82 Å². The molecule has 1 unspecified atom stereocenters. The third-order valence-electron chi connectivity index (χ3n) is 3.16. The van der Waals surface area contributed by atoms with E-state index in [4.69, 9.17) is 5.73 Å². The number of nitrogens with two attached hydrogens (primary N) is 1. The summed E-state index contributed by atoms with van der Waals surface area (Å²) in [6.07, 6.45) is 0. The van der Waals surface area contributed by atoms with E-state index >= 15 is 0 Å². The second kappa shape index (κ2) is 6.45. The van der Waals surface area contributed by atoms with E-state index in [1.807, 2.05) is 43.3 Å². The number of nitrogens with one attached hydrogen (secondary N) is 1. The Bertz CT molecular complexity index is 526. The van der Waals surface area contributed by atoms with Crippen LogP contribution in [0.2, 0.25) is 0 Å². The van der Waals surface area contributed by atoms with Gasteiger partial charge in [0.2, 0.25) is 0 Å². The van der Waals surface area contributed by atoms with Crippen molar-refractivity contribution in [2.45, 2.75) is 19.5 Å². The van der Waals surface area contributed by atoms with E-state index in [2.05, 4.69) is 5.32 Å². The summed E-state index contributed by atoms with van der Waals surface area (Å²) in [5.41, 5.74) is 8.60. The maximum absolute atomic E-state index is 13.8. The molecule has 1 atom stereocenters. The molecule has 0 bridgehead atoms. The van der Waals surface area contributed by atoms with Crippen molar-refractivity contribution in [1.29, 1.82) is 0 Å². The van der Waals surface area contributed by atoms with Crippen molar-refractivity contribution in [2.75, 3.05) is 6.54 Å². The zero-order valence-corrected chi connectivity index (χ0v) is 11.1. The summed E-state index contributed by atoms with van der Waals surface area (Å²) in [6.45, 7) is 3.00. The van der Waals surface area contributed by atoms with Gasteiger partial charge < -0.3 is 11.1 Å². The Morgan fingerprint density at radius 1 is 1.16 bits per heavy atom. The summed E-state index contributed by atoms with van der Waals surface area (Å²) in [4.78, 5) is 0. The standard InChI is InChI=1S/C16H19FN2/c1-12-7-8-15(17)14(9-12)16(10-18)19-11-13-5-3-2-4-6-13/h2-9,16,19H,10-11,18H2,1H3. The maximum atomic E-state index is 13.8. The molecule has 3 N–H and O–H groups in total. The molecule has 2 aromatic carbocycles. The topological polar surface area (TPSA) is 38.0 Å². The molecule has 0 radical (unpaired) electrons. The van der Waals surface area contributed by atoms with Gasteiger partial charge in [-0.2, -0.15) is 0 Å². The lowest BCUT2D eigenvalue weighted by Gasteiger charge is -2.18. The van der Waals surface area contributed by atoms with E-state index in [1.165, 1.54) is 6.07 Å². The van der Waals surface area contributed by atoms with Crippen LogP contribution in [0.15, 0.2) is 48.5 Å². The van der Waals surface area contributed by atoms with E-state index in [-0.39, 0.29) is 11.9 Å². The second-order valence-corrected chi connectivity index (χ2v) is 4.68. The van der Waals surface area contributed by atoms with E-state index in [1.54, 1.807) is 6.07 Å². The zero-order valence-electron chi connectivity index (χ0n) is 11.1. The van der Waals surface area contributed by atoms with Crippen molar-refractivity contribution < 1.29 is 4.39 Å². The molecular weight excluding hydrogens is 239 g/mol. The lowest BCUT2D eigenvalue weighted by atomic mass is 10.0. The third kappa shape index (κ3) is 3.63. The van der Waals surface area contributed by atoms with Crippen molar-refractivity contribution >= 4 is 0 Å². The smallest absolute Gasteiger partial charge is 0.128 e. The Labute approximate surface area is 113 Å². The quantitative estimate of drug-likeness (QED) is 0.865. The van der Waals surface area contributed by atoms with Crippen LogP contribution in [0.3, 0.4) is 0 Å². The molecule has 0 saturated carbocycles. The largest absolute Gasteiger partial charge is 0.329 e. The summed E-state index contributed by atoms with van der Waals surface area (Å²) in [6, 6.07) is 15.0. The average molecular weight is 258 g/mol. The molecule has 0 amide bonds. The number of rotatable bonds is 5. The molecule has 2 rings (SSSR count). The zero-order chi connectivity index (χ0) is 13.7. The Morgan fingerprint density at radius 3 is 2.58 bits per heavy atom. The van der Waals surface area contributed by atoms with Crippen molar-refractivity contribution in [3.8, 4) is 0 Å². The van der Waals surface area contributed by atoms with Gasteiger partial charge in [-0.15, -0.1) is 0 Å². The first-order valence-electron chi connectivity index (χ1n) is 6.44. The third-order valence-corrected chi connectivity index (χ3v) is 3.16. The van der Waals surface area contributed by atoms with Gasteiger partial charge in [0.25, 0.3) is 0 Å². The van der Waals surface area contributed by atoms with Crippen molar-refractivity contribution in [3.63, 3.8) is 0 Å². The molecule has 3 heteroatoms. The molecule has 0 aromatic heterocycles. The Kier molecular flexibility index (Phi) is 4.66. The monoisotopic (exact) mass is 258 g/mol. The molecule has 0 heterocycles. The Morgan fingerprint density at radius 2 is 1.89 bits per heavy atom. The first-order chi connectivity index (χ1) is 9.20. The fourth-order valence-electron chi connectivity index (χ4n) is 2.09. The highest BCUT2D eigenvalue weighted by Crippen LogP contribution is 2.18. The molecule has 0 fully saturated rings. The van der Waals surface area contributed by atoms with Gasteiger partial charge in [-0.3, -0.25) is 0 Å². The highest BCUT2D eigenvalue weighted by molar-refractivity contribution is 5.27. The minimum atomic E-state index is -0.207. The van der Waals surface area contributed by atoms with Crippen molar-refractivity contribution in [1.82, 2.24) is 5.32 Å². The molecule has 19 heavy (non-hydrogen) atoms. The normalized spacial score (nSPS) is 12.4.